The van der Waals surface area contributed by atoms with Crippen LogP contribution in [-0.2, 0) is 4.79 Å². The molecule has 92 valence electrons. The summed E-state index contributed by atoms with van der Waals surface area (Å²) < 4.78 is 10.5. The first-order valence-electron chi connectivity index (χ1n) is 5.91. The second kappa shape index (κ2) is 5.08. The van der Waals surface area contributed by atoms with Gasteiger partial charge in [-0.15, -0.1) is 0 Å². The topological polar surface area (TPSA) is 47.6 Å². The molecule has 1 aliphatic heterocycles. The smallest absolute Gasteiger partial charge is 0.231 e. The third kappa shape index (κ3) is 2.70. The van der Waals surface area contributed by atoms with Crippen LogP contribution in [0.15, 0.2) is 18.2 Å². The van der Waals surface area contributed by atoms with Crippen LogP contribution in [0.4, 0.5) is 5.69 Å². The molecule has 0 bridgehead atoms. The number of anilines is 1. The molecule has 1 heterocycles. The van der Waals surface area contributed by atoms with Gasteiger partial charge < -0.3 is 14.8 Å². The van der Waals surface area contributed by atoms with Crippen molar-refractivity contribution in [1.82, 2.24) is 0 Å². The van der Waals surface area contributed by atoms with Gasteiger partial charge in [-0.25, -0.2) is 0 Å². The largest absolute Gasteiger partial charge is 0.454 e. The predicted molar refractivity (Wildman–Crippen MR) is 65.3 cm³/mol. The normalized spacial score (nSPS) is 14.5. The predicted octanol–water partition coefficient (Wildman–Crippen LogP) is 2.79. The minimum Gasteiger partial charge on any atom is -0.454 e. The van der Waals surface area contributed by atoms with E-state index in [1.54, 1.807) is 6.07 Å². The Labute approximate surface area is 101 Å². The average Bonchev–Trinajstić information content (AvgIpc) is 2.76. The summed E-state index contributed by atoms with van der Waals surface area (Å²) in [6.45, 7) is 4.26. The molecule has 0 spiro atoms. The Morgan fingerprint density at radius 1 is 1.41 bits per heavy atom. The number of hydrogen-bond acceptors (Lipinski definition) is 3. The van der Waals surface area contributed by atoms with Crippen molar-refractivity contribution in [3.05, 3.63) is 18.2 Å². The highest BCUT2D eigenvalue weighted by Crippen LogP contribution is 2.34. The summed E-state index contributed by atoms with van der Waals surface area (Å²) in [5, 5.41) is 2.88. The van der Waals surface area contributed by atoms with Gasteiger partial charge >= 0.3 is 0 Å². The molecule has 1 aromatic rings. The van der Waals surface area contributed by atoms with Crippen molar-refractivity contribution in [2.24, 2.45) is 5.92 Å². The van der Waals surface area contributed by atoms with E-state index in [1.807, 2.05) is 19.1 Å². The van der Waals surface area contributed by atoms with Gasteiger partial charge in [0.05, 0.1) is 0 Å². The van der Waals surface area contributed by atoms with Gasteiger partial charge in [0, 0.05) is 17.7 Å². The molecule has 0 unspecified atom stereocenters. The number of nitrogens with one attached hydrogen (secondary N) is 1. The van der Waals surface area contributed by atoms with Crippen molar-refractivity contribution in [3.63, 3.8) is 0 Å². The van der Waals surface area contributed by atoms with Crippen LogP contribution in [0.2, 0.25) is 0 Å². The van der Waals surface area contributed by atoms with E-state index in [1.165, 1.54) is 0 Å². The van der Waals surface area contributed by atoms with Crippen LogP contribution in [0.25, 0.3) is 0 Å². The van der Waals surface area contributed by atoms with E-state index in [0.29, 0.717) is 5.75 Å². The van der Waals surface area contributed by atoms with Crippen molar-refractivity contribution < 1.29 is 14.3 Å². The first-order valence-corrected chi connectivity index (χ1v) is 5.91. The number of rotatable bonds is 4. The third-order valence-electron chi connectivity index (χ3n) is 2.81. The molecule has 1 aliphatic rings. The summed E-state index contributed by atoms with van der Waals surface area (Å²) in [6, 6.07) is 5.42. The zero-order valence-corrected chi connectivity index (χ0v) is 10.2. The lowest BCUT2D eigenvalue weighted by Crippen LogP contribution is -2.20. The Balaban J connectivity index is 2.01. The summed E-state index contributed by atoms with van der Waals surface area (Å²) in [5.74, 6) is 1.49. The highest BCUT2D eigenvalue weighted by atomic mass is 16.7. The lowest BCUT2D eigenvalue weighted by molar-refractivity contribution is -0.119. The van der Waals surface area contributed by atoms with E-state index in [0.717, 1.165) is 24.3 Å². The minimum atomic E-state index is 0.0328. The van der Waals surface area contributed by atoms with Gasteiger partial charge in [-0.3, -0.25) is 4.79 Å². The quantitative estimate of drug-likeness (QED) is 0.872. The van der Waals surface area contributed by atoms with Crippen molar-refractivity contribution in [2.45, 2.75) is 26.7 Å². The molecule has 4 heteroatoms. The van der Waals surface area contributed by atoms with E-state index in [2.05, 4.69) is 12.2 Å². The minimum absolute atomic E-state index is 0.0328. The van der Waals surface area contributed by atoms with Crippen molar-refractivity contribution in [1.29, 1.82) is 0 Å². The molecule has 0 aromatic heterocycles. The van der Waals surface area contributed by atoms with Crippen LogP contribution in [0, 0.1) is 5.92 Å². The number of carbonyl (C=O) groups excluding carboxylic acids is 1. The van der Waals surface area contributed by atoms with Crippen LogP contribution in [-0.4, -0.2) is 12.7 Å². The van der Waals surface area contributed by atoms with Crippen molar-refractivity contribution in [3.8, 4) is 11.5 Å². The molecule has 1 atom stereocenters. The van der Waals surface area contributed by atoms with Gasteiger partial charge in [0.15, 0.2) is 11.5 Å². The highest BCUT2D eigenvalue weighted by Gasteiger charge is 2.16. The molecule has 0 fully saturated rings. The Bertz CT molecular complexity index is 417. The molecule has 0 aliphatic carbocycles. The fraction of sp³-hybridized carbons (Fsp3) is 0.462. The zero-order chi connectivity index (χ0) is 12.3. The van der Waals surface area contributed by atoms with Gasteiger partial charge in [0.2, 0.25) is 12.7 Å². The summed E-state index contributed by atoms with van der Waals surface area (Å²) in [6.07, 6.45) is 1.91. The Hall–Kier alpha value is -1.71. The Morgan fingerprint density at radius 3 is 2.94 bits per heavy atom. The second-order valence-corrected chi connectivity index (χ2v) is 4.25. The number of carbonyl (C=O) groups is 1. The van der Waals surface area contributed by atoms with E-state index in [-0.39, 0.29) is 18.6 Å². The van der Waals surface area contributed by atoms with Crippen LogP contribution in [0.5, 0.6) is 11.5 Å². The standard InChI is InChI=1S/C13H17NO3/c1-3-4-9(2)13(15)14-10-5-6-11-12(7-10)17-8-16-11/h5-7,9H,3-4,8H2,1-2H3,(H,14,15)/t9-/m0/s1. The maximum Gasteiger partial charge on any atom is 0.231 e. The molecule has 0 saturated carbocycles. The molecule has 1 amide bonds. The fourth-order valence-electron chi connectivity index (χ4n) is 1.80. The molecule has 1 aromatic carbocycles. The number of fused-ring (bicyclic) bond motifs is 1. The Morgan fingerprint density at radius 2 is 2.18 bits per heavy atom. The lowest BCUT2D eigenvalue weighted by atomic mass is 10.1. The van der Waals surface area contributed by atoms with Crippen LogP contribution in [0.3, 0.4) is 0 Å². The zero-order valence-electron chi connectivity index (χ0n) is 10.2. The van der Waals surface area contributed by atoms with Crippen LogP contribution >= 0.6 is 0 Å². The number of benzene rings is 1. The second-order valence-electron chi connectivity index (χ2n) is 4.25. The van der Waals surface area contributed by atoms with Crippen LogP contribution < -0.4 is 14.8 Å². The van der Waals surface area contributed by atoms with Gasteiger partial charge in [-0.05, 0) is 18.6 Å². The molecule has 0 saturated heterocycles. The molecule has 0 radical (unpaired) electrons. The van der Waals surface area contributed by atoms with Crippen LogP contribution in [0.1, 0.15) is 26.7 Å². The Kier molecular flexibility index (Phi) is 3.52. The number of ether oxygens (including phenoxy) is 2. The summed E-state index contributed by atoms with van der Waals surface area (Å²) >= 11 is 0. The molecular weight excluding hydrogens is 218 g/mol. The van der Waals surface area contributed by atoms with E-state index in [4.69, 9.17) is 9.47 Å². The van der Waals surface area contributed by atoms with Gasteiger partial charge in [0.1, 0.15) is 0 Å². The summed E-state index contributed by atoms with van der Waals surface area (Å²) in [7, 11) is 0. The molecule has 1 N–H and O–H groups in total. The lowest BCUT2D eigenvalue weighted by Gasteiger charge is -2.11. The maximum atomic E-state index is 11.8. The summed E-state index contributed by atoms with van der Waals surface area (Å²) in [5.41, 5.74) is 0.752. The van der Waals surface area contributed by atoms with Gasteiger partial charge in [-0.2, -0.15) is 0 Å². The number of hydrogen-bond donors (Lipinski definition) is 1. The first kappa shape index (κ1) is 11.8. The fourth-order valence-corrected chi connectivity index (χ4v) is 1.80. The maximum absolute atomic E-state index is 11.8. The highest BCUT2D eigenvalue weighted by molar-refractivity contribution is 5.92. The molecule has 17 heavy (non-hydrogen) atoms. The number of amides is 1. The molecule has 4 nitrogen and oxygen atoms in total. The van der Waals surface area contributed by atoms with Gasteiger partial charge in [0.25, 0.3) is 0 Å². The van der Waals surface area contributed by atoms with E-state index < -0.39 is 0 Å². The molecule has 2 rings (SSSR count). The third-order valence-corrected chi connectivity index (χ3v) is 2.81. The van der Waals surface area contributed by atoms with Gasteiger partial charge in [-0.1, -0.05) is 20.3 Å². The monoisotopic (exact) mass is 235 g/mol. The molecular formula is C13H17NO3. The average molecular weight is 235 g/mol. The van der Waals surface area contributed by atoms with E-state index in [9.17, 15) is 4.79 Å². The summed E-state index contributed by atoms with van der Waals surface area (Å²) in [4.78, 5) is 11.8. The SMILES string of the molecule is CCC[C@H](C)C(=O)Nc1ccc2c(c1)OCO2. The first-order chi connectivity index (χ1) is 8.20. The van der Waals surface area contributed by atoms with E-state index >= 15 is 0 Å². The van der Waals surface area contributed by atoms with Crippen molar-refractivity contribution in [2.75, 3.05) is 12.1 Å². The van der Waals surface area contributed by atoms with Crippen molar-refractivity contribution >= 4 is 11.6 Å².